The number of rotatable bonds is 4. The Kier molecular flexibility index (Phi) is 5.20. The van der Waals surface area contributed by atoms with Crippen molar-refractivity contribution in [1.82, 2.24) is 0 Å². The smallest absolute Gasteiger partial charge is 0.115 e. The van der Waals surface area contributed by atoms with Crippen molar-refractivity contribution in [2.45, 2.75) is 19.8 Å². The number of allylic oxidation sites excluding steroid dienone is 7. The zero-order valence-corrected chi connectivity index (χ0v) is 14.3. The Bertz CT molecular complexity index is 800. The van der Waals surface area contributed by atoms with E-state index in [4.69, 9.17) is 0 Å². The fourth-order valence-corrected chi connectivity index (χ4v) is 3.10. The second-order valence-electron chi connectivity index (χ2n) is 5.98. The maximum absolute atomic E-state index is 9.65. The lowest BCUT2D eigenvalue weighted by atomic mass is 9.87. The zero-order chi connectivity index (χ0) is 17.6. The molecule has 2 nitrogen and oxygen atoms in total. The van der Waals surface area contributed by atoms with Gasteiger partial charge in [0.2, 0.25) is 0 Å². The molecule has 0 radical (unpaired) electrons. The van der Waals surface area contributed by atoms with Crippen molar-refractivity contribution >= 4 is 5.57 Å². The highest BCUT2D eigenvalue weighted by atomic mass is 16.3. The molecule has 126 valence electrons. The molecule has 0 spiro atoms. The third-order valence-corrected chi connectivity index (χ3v) is 4.31. The van der Waals surface area contributed by atoms with E-state index >= 15 is 0 Å². The summed E-state index contributed by atoms with van der Waals surface area (Å²) in [6.07, 6.45) is 12.4. The van der Waals surface area contributed by atoms with Gasteiger partial charge in [0.15, 0.2) is 0 Å². The molecule has 0 atom stereocenters. The number of aromatic hydroxyl groups is 2. The van der Waals surface area contributed by atoms with Crippen LogP contribution in [0.3, 0.4) is 0 Å². The minimum Gasteiger partial charge on any atom is -0.508 e. The lowest BCUT2D eigenvalue weighted by molar-refractivity contribution is 0.475. The van der Waals surface area contributed by atoms with Crippen LogP contribution in [0.25, 0.3) is 5.57 Å². The average molecular weight is 330 g/mol. The third kappa shape index (κ3) is 3.92. The second-order valence-corrected chi connectivity index (χ2v) is 5.98. The van der Waals surface area contributed by atoms with Gasteiger partial charge in [-0.3, -0.25) is 0 Å². The van der Waals surface area contributed by atoms with Gasteiger partial charge in [0, 0.05) is 0 Å². The van der Waals surface area contributed by atoms with Gasteiger partial charge in [-0.2, -0.15) is 0 Å². The zero-order valence-electron chi connectivity index (χ0n) is 14.3. The number of phenols is 2. The predicted octanol–water partition coefficient (Wildman–Crippen LogP) is 5.75. The van der Waals surface area contributed by atoms with Gasteiger partial charge in [-0.15, -0.1) is 0 Å². The van der Waals surface area contributed by atoms with E-state index in [1.165, 1.54) is 11.1 Å². The lowest BCUT2D eigenvalue weighted by Crippen LogP contribution is -1.97. The molecular weight excluding hydrogens is 308 g/mol. The van der Waals surface area contributed by atoms with Crippen molar-refractivity contribution in [3.05, 3.63) is 101 Å². The molecule has 1 aliphatic rings. The van der Waals surface area contributed by atoms with Crippen molar-refractivity contribution in [2.24, 2.45) is 0 Å². The molecule has 0 saturated heterocycles. The van der Waals surface area contributed by atoms with E-state index in [2.05, 4.69) is 37.3 Å². The summed E-state index contributed by atoms with van der Waals surface area (Å²) in [7, 11) is 0. The predicted molar refractivity (Wildman–Crippen MR) is 104 cm³/mol. The second kappa shape index (κ2) is 7.71. The average Bonchev–Trinajstić information content (AvgIpc) is 2.91. The van der Waals surface area contributed by atoms with Gasteiger partial charge in [-0.1, -0.05) is 61.6 Å². The number of hydrogen-bond acceptors (Lipinski definition) is 2. The van der Waals surface area contributed by atoms with Crippen LogP contribution in [0.15, 0.2) is 90.1 Å². The van der Waals surface area contributed by atoms with Crippen molar-refractivity contribution in [2.75, 3.05) is 0 Å². The number of phenolic OH excluding ortho intramolecular Hbond substituents is 2. The van der Waals surface area contributed by atoms with Crippen LogP contribution in [-0.2, 0) is 0 Å². The molecule has 0 heterocycles. The summed E-state index contributed by atoms with van der Waals surface area (Å²) in [5.74, 6) is 0.509. The number of hydrogen-bond donors (Lipinski definition) is 2. The molecule has 0 fully saturated rings. The summed E-state index contributed by atoms with van der Waals surface area (Å²) < 4.78 is 0. The summed E-state index contributed by atoms with van der Waals surface area (Å²) in [4.78, 5) is 0. The molecular formula is C23H22O2. The van der Waals surface area contributed by atoms with E-state index < -0.39 is 0 Å². The minimum absolute atomic E-state index is 0.254. The molecule has 2 aromatic rings. The van der Waals surface area contributed by atoms with Crippen LogP contribution >= 0.6 is 0 Å². The van der Waals surface area contributed by atoms with Crippen LogP contribution in [0.2, 0.25) is 0 Å². The highest BCUT2D eigenvalue weighted by Crippen LogP contribution is 2.34. The van der Waals surface area contributed by atoms with Crippen LogP contribution in [0, 0.1) is 0 Å². The quantitative estimate of drug-likeness (QED) is 0.749. The van der Waals surface area contributed by atoms with Gasteiger partial charge in [0.1, 0.15) is 11.5 Å². The van der Waals surface area contributed by atoms with Crippen LogP contribution in [0.5, 0.6) is 11.5 Å². The Labute approximate surface area is 148 Å². The minimum atomic E-state index is 0.254. The van der Waals surface area contributed by atoms with Crippen molar-refractivity contribution in [3.8, 4) is 11.5 Å². The lowest BCUT2D eigenvalue weighted by Gasteiger charge is -2.17. The molecule has 0 bridgehead atoms. The van der Waals surface area contributed by atoms with Crippen LogP contribution in [0.4, 0.5) is 0 Å². The van der Waals surface area contributed by atoms with E-state index in [-0.39, 0.29) is 11.5 Å². The molecule has 2 N–H and O–H groups in total. The van der Waals surface area contributed by atoms with Gasteiger partial charge < -0.3 is 10.2 Å². The molecule has 0 unspecified atom stereocenters. The van der Waals surface area contributed by atoms with E-state index in [1.54, 1.807) is 24.3 Å². The largest absolute Gasteiger partial charge is 0.508 e. The first kappa shape index (κ1) is 16.8. The van der Waals surface area contributed by atoms with Crippen LogP contribution in [0.1, 0.15) is 30.9 Å². The first-order valence-electron chi connectivity index (χ1n) is 8.54. The normalized spacial score (nSPS) is 13.2. The summed E-state index contributed by atoms with van der Waals surface area (Å²) in [6.45, 7) is 2.16. The van der Waals surface area contributed by atoms with Gasteiger partial charge in [0.25, 0.3) is 0 Å². The van der Waals surface area contributed by atoms with Crippen molar-refractivity contribution < 1.29 is 10.2 Å². The fraction of sp³-hybridized carbons (Fsp3) is 0.130. The summed E-state index contributed by atoms with van der Waals surface area (Å²) >= 11 is 0. The maximum Gasteiger partial charge on any atom is 0.115 e. The van der Waals surface area contributed by atoms with Crippen LogP contribution < -0.4 is 0 Å². The van der Waals surface area contributed by atoms with Gasteiger partial charge in [0.05, 0.1) is 0 Å². The fourth-order valence-electron chi connectivity index (χ4n) is 3.10. The highest BCUT2D eigenvalue weighted by molar-refractivity contribution is 5.85. The number of benzene rings is 2. The van der Waals surface area contributed by atoms with Crippen LogP contribution in [-0.4, -0.2) is 10.2 Å². The molecule has 2 aromatic carbocycles. The third-order valence-electron chi connectivity index (χ3n) is 4.31. The van der Waals surface area contributed by atoms with Gasteiger partial charge in [-0.25, -0.2) is 0 Å². The molecule has 0 amide bonds. The Balaban J connectivity index is 2.22. The van der Waals surface area contributed by atoms with Crippen molar-refractivity contribution in [3.63, 3.8) is 0 Å². The standard InChI is InChI=1S/C23H22O2/c1-2-22(17-7-5-3-4-6-8-17)23(18-9-13-20(24)14-10-18)19-11-15-21(25)16-12-19/h3-5,7-16,24-25H,2,6H2,1H3. The molecule has 0 aliphatic heterocycles. The first-order chi connectivity index (χ1) is 12.2. The summed E-state index contributed by atoms with van der Waals surface area (Å²) in [5, 5.41) is 19.3. The van der Waals surface area contributed by atoms with E-state index in [1.807, 2.05) is 24.3 Å². The van der Waals surface area contributed by atoms with Gasteiger partial charge in [-0.05, 0) is 65.0 Å². The highest BCUT2D eigenvalue weighted by Gasteiger charge is 2.14. The van der Waals surface area contributed by atoms with E-state index in [0.29, 0.717) is 0 Å². The first-order valence-corrected chi connectivity index (χ1v) is 8.54. The molecule has 0 aromatic heterocycles. The SMILES string of the molecule is CCC(C1=CCC=CC=C1)=C(c1ccc(O)cc1)c1ccc(O)cc1. The Hall–Kier alpha value is -3.00. The van der Waals surface area contributed by atoms with E-state index in [0.717, 1.165) is 29.5 Å². The Morgan fingerprint density at radius 2 is 1.40 bits per heavy atom. The summed E-state index contributed by atoms with van der Waals surface area (Å²) in [6, 6.07) is 14.6. The van der Waals surface area contributed by atoms with Gasteiger partial charge >= 0.3 is 0 Å². The topological polar surface area (TPSA) is 40.5 Å². The van der Waals surface area contributed by atoms with E-state index in [9.17, 15) is 10.2 Å². The molecule has 1 aliphatic carbocycles. The molecule has 0 saturated carbocycles. The Morgan fingerprint density at radius 3 is 1.92 bits per heavy atom. The molecule has 25 heavy (non-hydrogen) atoms. The molecule has 3 rings (SSSR count). The Morgan fingerprint density at radius 1 is 0.840 bits per heavy atom. The monoisotopic (exact) mass is 330 g/mol. The summed E-state index contributed by atoms with van der Waals surface area (Å²) in [5.41, 5.74) is 5.68. The van der Waals surface area contributed by atoms with Crippen molar-refractivity contribution in [1.29, 1.82) is 0 Å². The maximum atomic E-state index is 9.65. The molecule has 2 heteroatoms.